The Hall–Kier alpha value is -1.77. The van der Waals surface area contributed by atoms with E-state index in [1.54, 1.807) is 12.1 Å². The van der Waals surface area contributed by atoms with Crippen LogP contribution in [0.5, 0.6) is 5.75 Å². The quantitative estimate of drug-likeness (QED) is 0.763. The second kappa shape index (κ2) is 5.95. The first-order valence-corrected chi connectivity index (χ1v) is 5.30. The molecule has 1 amide bonds. The zero-order chi connectivity index (χ0) is 12.0. The van der Waals surface area contributed by atoms with Crippen molar-refractivity contribution in [2.45, 2.75) is 20.3 Å². The van der Waals surface area contributed by atoms with Crippen LogP contribution in [0.4, 0.5) is 0 Å². The molecule has 0 aliphatic heterocycles. The number of carbonyl (C=O) groups is 1. The Kier molecular flexibility index (Phi) is 4.58. The van der Waals surface area contributed by atoms with Gasteiger partial charge < -0.3 is 10.4 Å². The summed E-state index contributed by atoms with van der Waals surface area (Å²) in [7, 11) is 0. The van der Waals surface area contributed by atoms with Gasteiger partial charge in [0.05, 0.1) is 0 Å². The van der Waals surface area contributed by atoms with E-state index in [0.29, 0.717) is 6.54 Å². The van der Waals surface area contributed by atoms with Crippen LogP contribution in [-0.2, 0) is 4.79 Å². The normalized spacial score (nSPS) is 10.6. The van der Waals surface area contributed by atoms with Crippen molar-refractivity contribution >= 4 is 12.0 Å². The van der Waals surface area contributed by atoms with Gasteiger partial charge in [0.2, 0.25) is 5.91 Å². The number of aromatic hydroxyl groups is 1. The van der Waals surface area contributed by atoms with Gasteiger partial charge in [0.25, 0.3) is 0 Å². The van der Waals surface area contributed by atoms with E-state index < -0.39 is 0 Å². The first-order chi connectivity index (χ1) is 7.59. The first kappa shape index (κ1) is 12.3. The Labute approximate surface area is 95.8 Å². The topological polar surface area (TPSA) is 49.3 Å². The summed E-state index contributed by atoms with van der Waals surface area (Å²) in [4.78, 5) is 10.6. The standard InChI is InChI=1S/C13H17NO2/c1-10-9-13(16)7-6-12(10)5-3-4-8-14-11(2)15/h3,5-7,9,16H,4,8H2,1-2H3,(H,14,15). The van der Waals surface area contributed by atoms with Gasteiger partial charge in [0.1, 0.15) is 5.75 Å². The molecule has 0 heterocycles. The highest BCUT2D eigenvalue weighted by atomic mass is 16.3. The monoisotopic (exact) mass is 219 g/mol. The maximum atomic E-state index is 10.6. The Morgan fingerprint density at radius 3 is 2.88 bits per heavy atom. The number of rotatable bonds is 4. The first-order valence-electron chi connectivity index (χ1n) is 5.30. The van der Waals surface area contributed by atoms with E-state index in [2.05, 4.69) is 5.32 Å². The third kappa shape index (κ3) is 4.17. The van der Waals surface area contributed by atoms with Gasteiger partial charge in [0.15, 0.2) is 0 Å². The zero-order valence-corrected chi connectivity index (χ0v) is 9.66. The fraction of sp³-hybridized carbons (Fsp3) is 0.308. The molecule has 0 unspecified atom stereocenters. The average molecular weight is 219 g/mol. The Balaban J connectivity index is 2.47. The smallest absolute Gasteiger partial charge is 0.216 e. The SMILES string of the molecule is CC(=O)NCCC=Cc1ccc(O)cc1C. The van der Waals surface area contributed by atoms with Gasteiger partial charge in [0, 0.05) is 13.5 Å². The summed E-state index contributed by atoms with van der Waals surface area (Å²) in [5.41, 5.74) is 2.12. The maximum Gasteiger partial charge on any atom is 0.216 e. The Morgan fingerprint density at radius 2 is 2.25 bits per heavy atom. The van der Waals surface area contributed by atoms with Crippen molar-refractivity contribution in [3.63, 3.8) is 0 Å². The highest BCUT2D eigenvalue weighted by molar-refractivity contribution is 5.72. The van der Waals surface area contributed by atoms with Crippen LogP contribution < -0.4 is 5.32 Å². The largest absolute Gasteiger partial charge is 0.508 e. The molecule has 0 saturated carbocycles. The minimum Gasteiger partial charge on any atom is -0.508 e. The molecule has 0 aromatic heterocycles. The summed E-state index contributed by atoms with van der Waals surface area (Å²) < 4.78 is 0. The number of hydrogen-bond donors (Lipinski definition) is 2. The van der Waals surface area contributed by atoms with Crippen LogP contribution in [0.2, 0.25) is 0 Å². The van der Waals surface area contributed by atoms with Crippen molar-refractivity contribution < 1.29 is 9.90 Å². The van der Waals surface area contributed by atoms with E-state index >= 15 is 0 Å². The molecular formula is C13H17NO2. The number of hydrogen-bond acceptors (Lipinski definition) is 2. The average Bonchev–Trinajstić information content (AvgIpc) is 2.20. The number of phenols is 1. The lowest BCUT2D eigenvalue weighted by Crippen LogP contribution is -2.20. The van der Waals surface area contributed by atoms with E-state index in [1.165, 1.54) is 6.92 Å². The van der Waals surface area contributed by atoms with Crippen molar-refractivity contribution in [2.24, 2.45) is 0 Å². The molecule has 2 N–H and O–H groups in total. The van der Waals surface area contributed by atoms with E-state index in [4.69, 9.17) is 0 Å². The van der Waals surface area contributed by atoms with Crippen molar-refractivity contribution in [1.82, 2.24) is 5.32 Å². The molecule has 0 saturated heterocycles. The van der Waals surface area contributed by atoms with Gasteiger partial charge in [-0.05, 0) is 36.6 Å². The van der Waals surface area contributed by atoms with Gasteiger partial charge in [-0.25, -0.2) is 0 Å². The number of carbonyl (C=O) groups excluding carboxylic acids is 1. The molecule has 0 spiro atoms. The third-order valence-corrected chi connectivity index (χ3v) is 2.24. The second-order valence-corrected chi connectivity index (χ2v) is 3.71. The maximum absolute atomic E-state index is 10.6. The van der Waals surface area contributed by atoms with Crippen LogP contribution >= 0.6 is 0 Å². The molecule has 0 aliphatic rings. The predicted molar refractivity (Wildman–Crippen MR) is 65.2 cm³/mol. The molecule has 3 heteroatoms. The van der Waals surface area contributed by atoms with Gasteiger partial charge in [-0.15, -0.1) is 0 Å². The zero-order valence-electron chi connectivity index (χ0n) is 9.66. The van der Waals surface area contributed by atoms with Crippen LogP contribution in [0.15, 0.2) is 24.3 Å². The van der Waals surface area contributed by atoms with Crippen LogP contribution in [-0.4, -0.2) is 17.6 Å². The fourth-order valence-electron chi connectivity index (χ4n) is 1.39. The van der Waals surface area contributed by atoms with Crippen molar-refractivity contribution in [1.29, 1.82) is 0 Å². The number of benzene rings is 1. The van der Waals surface area contributed by atoms with Gasteiger partial charge >= 0.3 is 0 Å². The van der Waals surface area contributed by atoms with Crippen LogP contribution in [0, 0.1) is 6.92 Å². The van der Waals surface area contributed by atoms with Crippen molar-refractivity contribution in [3.05, 3.63) is 35.4 Å². The van der Waals surface area contributed by atoms with E-state index in [9.17, 15) is 9.90 Å². The van der Waals surface area contributed by atoms with Crippen molar-refractivity contribution in [3.8, 4) is 5.75 Å². The van der Waals surface area contributed by atoms with Gasteiger partial charge in [-0.1, -0.05) is 18.2 Å². The summed E-state index contributed by atoms with van der Waals surface area (Å²) in [6.07, 6.45) is 4.81. The van der Waals surface area contributed by atoms with Crippen LogP contribution in [0.3, 0.4) is 0 Å². The lowest BCUT2D eigenvalue weighted by Gasteiger charge is -2.01. The predicted octanol–water partition coefficient (Wildman–Crippen LogP) is 2.24. The molecule has 0 radical (unpaired) electrons. The van der Waals surface area contributed by atoms with Gasteiger partial charge in [-0.2, -0.15) is 0 Å². The lowest BCUT2D eigenvalue weighted by molar-refractivity contribution is -0.118. The van der Waals surface area contributed by atoms with E-state index in [0.717, 1.165) is 17.5 Å². The summed E-state index contributed by atoms with van der Waals surface area (Å²) in [5.74, 6) is 0.280. The summed E-state index contributed by atoms with van der Waals surface area (Å²) in [5, 5.41) is 12.0. The summed E-state index contributed by atoms with van der Waals surface area (Å²) in [6, 6.07) is 5.27. The molecule has 0 bridgehead atoms. The molecule has 1 aromatic rings. The van der Waals surface area contributed by atoms with E-state index in [1.807, 2.05) is 25.1 Å². The Bertz CT molecular complexity index is 397. The molecule has 86 valence electrons. The molecule has 0 aliphatic carbocycles. The number of amides is 1. The van der Waals surface area contributed by atoms with Gasteiger partial charge in [-0.3, -0.25) is 4.79 Å². The molecular weight excluding hydrogens is 202 g/mol. The van der Waals surface area contributed by atoms with Crippen LogP contribution in [0.1, 0.15) is 24.5 Å². The molecule has 0 atom stereocenters. The number of aryl methyl sites for hydroxylation is 1. The van der Waals surface area contributed by atoms with E-state index in [-0.39, 0.29) is 11.7 Å². The molecule has 16 heavy (non-hydrogen) atoms. The van der Waals surface area contributed by atoms with Crippen LogP contribution in [0.25, 0.3) is 6.08 Å². The molecule has 1 rings (SSSR count). The highest BCUT2D eigenvalue weighted by Gasteiger charge is 1.95. The lowest BCUT2D eigenvalue weighted by atomic mass is 10.1. The fourth-order valence-corrected chi connectivity index (χ4v) is 1.39. The molecule has 3 nitrogen and oxygen atoms in total. The minimum absolute atomic E-state index is 0.00536. The number of phenolic OH excluding ortho intramolecular Hbond substituents is 1. The number of nitrogens with one attached hydrogen (secondary N) is 1. The summed E-state index contributed by atoms with van der Waals surface area (Å²) in [6.45, 7) is 4.12. The second-order valence-electron chi connectivity index (χ2n) is 3.71. The molecule has 1 aromatic carbocycles. The summed E-state index contributed by atoms with van der Waals surface area (Å²) >= 11 is 0. The minimum atomic E-state index is -0.00536. The third-order valence-electron chi connectivity index (χ3n) is 2.24. The van der Waals surface area contributed by atoms with Crippen molar-refractivity contribution in [2.75, 3.05) is 6.54 Å². The highest BCUT2D eigenvalue weighted by Crippen LogP contribution is 2.16. The molecule has 0 fully saturated rings. The Morgan fingerprint density at radius 1 is 1.50 bits per heavy atom.